The lowest BCUT2D eigenvalue weighted by Gasteiger charge is -2.30. The summed E-state index contributed by atoms with van der Waals surface area (Å²) >= 11 is 0. The van der Waals surface area contributed by atoms with Crippen LogP contribution in [0.1, 0.15) is 54.4 Å². The summed E-state index contributed by atoms with van der Waals surface area (Å²) in [6.07, 6.45) is 3.63. The van der Waals surface area contributed by atoms with Gasteiger partial charge in [0.1, 0.15) is 11.4 Å². The van der Waals surface area contributed by atoms with Gasteiger partial charge in [-0.3, -0.25) is 0 Å². The summed E-state index contributed by atoms with van der Waals surface area (Å²) in [5.41, 5.74) is 5.88. The molecule has 1 rings (SSSR count). The number of nitrogens with one attached hydrogen (secondary N) is 1. The summed E-state index contributed by atoms with van der Waals surface area (Å²) in [5, 5.41) is 2.74. The van der Waals surface area contributed by atoms with Gasteiger partial charge in [-0.15, -0.1) is 0 Å². The molecule has 136 valence electrons. The largest absolute Gasteiger partial charge is 0.452 e. The van der Waals surface area contributed by atoms with Gasteiger partial charge in [0.15, 0.2) is 0 Å². The number of cyclic esters (lactones) is 1. The maximum atomic E-state index is 12.0. The molecule has 1 aliphatic heterocycles. The van der Waals surface area contributed by atoms with Gasteiger partial charge < -0.3 is 25.3 Å². The van der Waals surface area contributed by atoms with E-state index in [-0.39, 0.29) is 0 Å². The van der Waals surface area contributed by atoms with Crippen LogP contribution in [0.25, 0.3) is 0 Å². The van der Waals surface area contributed by atoms with E-state index < -0.39 is 29.5 Å². The van der Waals surface area contributed by atoms with Crippen LogP contribution in [0.4, 0.5) is 4.79 Å². The Morgan fingerprint density at radius 2 is 2.04 bits per heavy atom. The summed E-state index contributed by atoms with van der Waals surface area (Å²) in [4.78, 5) is 23.5. The predicted molar refractivity (Wildman–Crippen MR) is 89.7 cm³/mol. The highest BCUT2D eigenvalue weighted by Gasteiger charge is 2.30. The van der Waals surface area contributed by atoms with E-state index >= 15 is 0 Å². The highest BCUT2D eigenvalue weighted by Crippen LogP contribution is 2.23. The molecule has 0 aliphatic carbocycles. The van der Waals surface area contributed by atoms with E-state index in [0.717, 1.165) is 6.42 Å². The van der Waals surface area contributed by atoms with Crippen LogP contribution in [0.2, 0.25) is 0 Å². The SMILES string of the molecule is CCC[C@@H](NC(=O)OC(C)(C)C)/C(N)=C/C1=CC(=O)OC(C)(C)O1. The normalized spacial score (nSPS) is 18.8. The van der Waals surface area contributed by atoms with Crippen LogP contribution in [0, 0.1) is 0 Å². The lowest BCUT2D eigenvalue weighted by Crippen LogP contribution is -2.42. The van der Waals surface area contributed by atoms with Gasteiger partial charge in [0.05, 0.1) is 12.1 Å². The summed E-state index contributed by atoms with van der Waals surface area (Å²) in [6, 6.07) is -0.421. The molecule has 1 atom stereocenters. The second kappa shape index (κ2) is 7.59. The molecule has 0 unspecified atom stereocenters. The van der Waals surface area contributed by atoms with Crippen molar-refractivity contribution in [1.82, 2.24) is 5.32 Å². The minimum Gasteiger partial charge on any atom is -0.452 e. The Morgan fingerprint density at radius 3 is 2.54 bits per heavy atom. The van der Waals surface area contributed by atoms with Crippen molar-refractivity contribution in [2.45, 2.75) is 71.8 Å². The van der Waals surface area contributed by atoms with Crippen molar-refractivity contribution in [3.8, 4) is 0 Å². The first kappa shape index (κ1) is 19.9. The van der Waals surface area contributed by atoms with Gasteiger partial charge >= 0.3 is 12.1 Å². The van der Waals surface area contributed by atoms with Crippen LogP contribution in [0.3, 0.4) is 0 Å². The number of hydrogen-bond acceptors (Lipinski definition) is 6. The smallest absolute Gasteiger partial charge is 0.408 e. The van der Waals surface area contributed by atoms with Crippen molar-refractivity contribution in [1.29, 1.82) is 0 Å². The van der Waals surface area contributed by atoms with Crippen molar-refractivity contribution in [2.75, 3.05) is 0 Å². The summed E-state index contributed by atoms with van der Waals surface area (Å²) < 4.78 is 15.8. The zero-order chi connectivity index (χ0) is 18.5. The molecule has 1 amide bonds. The molecule has 0 bridgehead atoms. The molecule has 0 aromatic carbocycles. The summed E-state index contributed by atoms with van der Waals surface area (Å²) in [6.45, 7) is 10.6. The molecule has 1 heterocycles. The van der Waals surface area contributed by atoms with Gasteiger partial charge in [0, 0.05) is 25.6 Å². The molecule has 7 nitrogen and oxygen atoms in total. The van der Waals surface area contributed by atoms with Crippen LogP contribution < -0.4 is 11.1 Å². The fraction of sp³-hybridized carbons (Fsp3) is 0.647. The fourth-order valence-corrected chi connectivity index (χ4v) is 2.12. The number of carbonyl (C=O) groups excluding carboxylic acids is 2. The molecule has 0 saturated heterocycles. The summed E-state index contributed by atoms with van der Waals surface area (Å²) in [7, 11) is 0. The van der Waals surface area contributed by atoms with Crippen LogP contribution in [0.15, 0.2) is 23.6 Å². The number of allylic oxidation sites excluding steroid dienone is 1. The molecule has 3 N–H and O–H groups in total. The molecule has 0 spiro atoms. The van der Waals surface area contributed by atoms with E-state index in [0.29, 0.717) is 17.9 Å². The predicted octanol–water partition coefficient (Wildman–Crippen LogP) is 2.72. The number of hydrogen-bond donors (Lipinski definition) is 2. The number of alkyl carbamates (subject to hydrolysis) is 1. The minimum atomic E-state index is -1.06. The first-order valence-corrected chi connectivity index (χ1v) is 8.02. The minimum absolute atomic E-state index is 0.292. The highest BCUT2D eigenvalue weighted by molar-refractivity contribution is 5.84. The third-order valence-electron chi connectivity index (χ3n) is 2.95. The maximum absolute atomic E-state index is 12.0. The first-order chi connectivity index (χ1) is 10.9. The van der Waals surface area contributed by atoms with E-state index in [4.69, 9.17) is 19.9 Å². The van der Waals surface area contributed by atoms with Crippen molar-refractivity contribution in [3.63, 3.8) is 0 Å². The van der Waals surface area contributed by atoms with Crippen molar-refractivity contribution in [3.05, 3.63) is 23.6 Å². The second-order valence-corrected chi connectivity index (χ2v) is 7.10. The Labute approximate surface area is 143 Å². The zero-order valence-electron chi connectivity index (χ0n) is 15.3. The Hall–Kier alpha value is -2.18. The molecule has 0 saturated carbocycles. The lowest BCUT2D eigenvalue weighted by molar-refractivity contribution is -0.203. The number of nitrogens with two attached hydrogens (primary N) is 1. The van der Waals surface area contributed by atoms with Gasteiger partial charge in [-0.05, 0) is 27.2 Å². The van der Waals surface area contributed by atoms with Gasteiger partial charge in [-0.25, -0.2) is 9.59 Å². The molecule has 0 aromatic rings. The zero-order valence-corrected chi connectivity index (χ0v) is 15.3. The van der Waals surface area contributed by atoms with E-state index in [1.807, 2.05) is 6.92 Å². The molecule has 0 fully saturated rings. The monoisotopic (exact) mass is 340 g/mol. The third kappa shape index (κ3) is 6.93. The Bertz CT molecular complexity index is 544. The summed E-state index contributed by atoms with van der Waals surface area (Å²) in [5.74, 6) is -1.27. The van der Waals surface area contributed by atoms with E-state index in [1.165, 1.54) is 12.2 Å². The van der Waals surface area contributed by atoms with Crippen LogP contribution >= 0.6 is 0 Å². The van der Waals surface area contributed by atoms with Crippen molar-refractivity contribution >= 4 is 12.1 Å². The van der Waals surface area contributed by atoms with E-state index in [9.17, 15) is 9.59 Å². The van der Waals surface area contributed by atoms with Crippen molar-refractivity contribution < 1.29 is 23.8 Å². The van der Waals surface area contributed by atoms with Crippen LogP contribution in [-0.4, -0.2) is 29.5 Å². The Balaban J connectivity index is 2.87. The fourth-order valence-electron chi connectivity index (χ4n) is 2.12. The van der Waals surface area contributed by atoms with E-state index in [2.05, 4.69) is 5.32 Å². The van der Waals surface area contributed by atoms with Crippen LogP contribution in [-0.2, 0) is 19.0 Å². The highest BCUT2D eigenvalue weighted by atomic mass is 16.7. The number of amides is 1. The molecule has 7 heteroatoms. The number of carbonyl (C=O) groups is 2. The third-order valence-corrected chi connectivity index (χ3v) is 2.95. The second-order valence-electron chi connectivity index (χ2n) is 7.10. The van der Waals surface area contributed by atoms with Gasteiger partial charge in [0.25, 0.3) is 0 Å². The molecule has 1 aliphatic rings. The first-order valence-electron chi connectivity index (χ1n) is 8.02. The van der Waals surface area contributed by atoms with Gasteiger partial charge in [-0.1, -0.05) is 13.3 Å². The van der Waals surface area contributed by atoms with Gasteiger partial charge in [0.2, 0.25) is 5.79 Å². The standard InChI is InChI=1S/C17H28N2O5/c1-7-8-13(19-15(21)24-16(2,3)4)12(18)9-11-10-14(20)23-17(5,6)22-11/h9-10,13H,7-8,18H2,1-6H3,(H,19,21)/b12-9-/t13-/m1/s1. The quantitative estimate of drug-likeness (QED) is 0.747. The number of rotatable bonds is 5. The average molecular weight is 340 g/mol. The Morgan fingerprint density at radius 1 is 1.42 bits per heavy atom. The number of esters is 1. The lowest BCUT2D eigenvalue weighted by atomic mass is 10.1. The van der Waals surface area contributed by atoms with E-state index in [1.54, 1.807) is 34.6 Å². The average Bonchev–Trinajstić information content (AvgIpc) is 2.33. The van der Waals surface area contributed by atoms with Crippen LogP contribution in [0.5, 0.6) is 0 Å². The van der Waals surface area contributed by atoms with Gasteiger partial charge in [-0.2, -0.15) is 0 Å². The number of ether oxygens (including phenoxy) is 3. The molecular formula is C17H28N2O5. The Kier molecular flexibility index (Phi) is 6.29. The van der Waals surface area contributed by atoms with Crippen molar-refractivity contribution in [2.24, 2.45) is 5.73 Å². The topological polar surface area (TPSA) is 99.9 Å². The molecular weight excluding hydrogens is 312 g/mol. The molecule has 0 radical (unpaired) electrons. The maximum Gasteiger partial charge on any atom is 0.408 e. The molecule has 0 aromatic heterocycles. The molecule has 24 heavy (non-hydrogen) atoms.